The molecule has 112 valence electrons. The van der Waals surface area contributed by atoms with Crippen molar-refractivity contribution in [1.29, 1.82) is 0 Å². The van der Waals surface area contributed by atoms with Gasteiger partial charge in [0, 0.05) is 32.4 Å². The standard InChI is InChI=1S/C15H26N4O/c1-13(11-16)12-18-7-4-8-19(10-9-18)15-14(20-2)5-3-6-17-15/h3,5-6,13H,4,7-12,16H2,1-2H3. The van der Waals surface area contributed by atoms with Crippen molar-refractivity contribution in [3.63, 3.8) is 0 Å². The monoisotopic (exact) mass is 278 g/mol. The summed E-state index contributed by atoms with van der Waals surface area (Å²) < 4.78 is 5.41. The average Bonchev–Trinajstić information content (AvgIpc) is 2.72. The van der Waals surface area contributed by atoms with E-state index in [0.717, 1.165) is 57.3 Å². The van der Waals surface area contributed by atoms with Gasteiger partial charge in [-0.05, 0) is 37.6 Å². The zero-order valence-electron chi connectivity index (χ0n) is 12.6. The molecular formula is C15H26N4O. The molecule has 1 unspecified atom stereocenters. The largest absolute Gasteiger partial charge is 0.493 e. The van der Waals surface area contributed by atoms with Crippen molar-refractivity contribution in [3.8, 4) is 5.75 Å². The first kappa shape index (κ1) is 15.1. The van der Waals surface area contributed by atoms with Crippen LogP contribution in [0, 0.1) is 5.92 Å². The maximum Gasteiger partial charge on any atom is 0.171 e. The molecule has 0 aliphatic carbocycles. The molecule has 2 heterocycles. The Morgan fingerprint density at radius 1 is 1.35 bits per heavy atom. The first-order valence-electron chi connectivity index (χ1n) is 7.41. The fraction of sp³-hybridized carbons (Fsp3) is 0.667. The van der Waals surface area contributed by atoms with Crippen molar-refractivity contribution in [2.75, 3.05) is 51.3 Å². The molecule has 5 nitrogen and oxygen atoms in total. The molecule has 0 saturated carbocycles. The summed E-state index contributed by atoms with van der Waals surface area (Å²) in [7, 11) is 1.70. The topological polar surface area (TPSA) is 54.6 Å². The van der Waals surface area contributed by atoms with Crippen LogP contribution in [0.3, 0.4) is 0 Å². The van der Waals surface area contributed by atoms with Crippen LogP contribution in [0.4, 0.5) is 5.82 Å². The Labute approximate surface area is 121 Å². The Hall–Kier alpha value is -1.33. The van der Waals surface area contributed by atoms with Crippen LogP contribution in [0.5, 0.6) is 5.75 Å². The first-order valence-corrected chi connectivity index (χ1v) is 7.41. The Morgan fingerprint density at radius 2 is 2.20 bits per heavy atom. The van der Waals surface area contributed by atoms with Crippen molar-refractivity contribution >= 4 is 5.82 Å². The molecule has 1 fully saturated rings. The normalized spacial score (nSPS) is 18.6. The van der Waals surface area contributed by atoms with Gasteiger partial charge in [-0.1, -0.05) is 6.92 Å². The molecule has 1 atom stereocenters. The Bertz CT molecular complexity index is 413. The summed E-state index contributed by atoms with van der Waals surface area (Å²) >= 11 is 0. The van der Waals surface area contributed by atoms with Gasteiger partial charge in [0.2, 0.25) is 0 Å². The molecule has 2 rings (SSSR count). The van der Waals surface area contributed by atoms with Gasteiger partial charge < -0.3 is 20.3 Å². The first-order chi connectivity index (χ1) is 9.74. The van der Waals surface area contributed by atoms with Gasteiger partial charge in [-0.2, -0.15) is 0 Å². The van der Waals surface area contributed by atoms with Crippen LogP contribution in [0.2, 0.25) is 0 Å². The summed E-state index contributed by atoms with van der Waals surface area (Å²) in [6.45, 7) is 8.27. The molecular weight excluding hydrogens is 252 g/mol. The summed E-state index contributed by atoms with van der Waals surface area (Å²) in [4.78, 5) is 9.31. The number of pyridine rings is 1. The SMILES string of the molecule is COc1cccnc1N1CCCN(CC(C)CN)CC1. The number of nitrogens with two attached hydrogens (primary N) is 1. The van der Waals surface area contributed by atoms with Crippen LogP contribution < -0.4 is 15.4 Å². The molecule has 20 heavy (non-hydrogen) atoms. The van der Waals surface area contributed by atoms with Crippen LogP contribution >= 0.6 is 0 Å². The van der Waals surface area contributed by atoms with Gasteiger partial charge in [-0.25, -0.2) is 4.98 Å². The van der Waals surface area contributed by atoms with E-state index in [1.165, 1.54) is 0 Å². The molecule has 2 N–H and O–H groups in total. The van der Waals surface area contributed by atoms with Crippen molar-refractivity contribution in [2.24, 2.45) is 11.7 Å². The summed E-state index contributed by atoms with van der Waals surface area (Å²) in [6, 6.07) is 3.89. The second kappa shape index (κ2) is 7.45. The van der Waals surface area contributed by atoms with Gasteiger partial charge in [0.1, 0.15) is 0 Å². The maximum atomic E-state index is 5.72. The van der Waals surface area contributed by atoms with Crippen molar-refractivity contribution in [1.82, 2.24) is 9.88 Å². The van der Waals surface area contributed by atoms with Gasteiger partial charge in [0.25, 0.3) is 0 Å². The van der Waals surface area contributed by atoms with Crippen molar-refractivity contribution in [3.05, 3.63) is 18.3 Å². The highest BCUT2D eigenvalue weighted by Crippen LogP contribution is 2.25. The minimum absolute atomic E-state index is 0.561. The van der Waals surface area contributed by atoms with E-state index in [0.29, 0.717) is 5.92 Å². The molecule has 1 aromatic heterocycles. The molecule has 0 bridgehead atoms. The third-order valence-electron chi connectivity index (χ3n) is 3.83. The fourth-order valence-corrected chi connectivity index (χ4v) is 2.66. The van der Waals surface area contributed by atoms with Crippen molar-refractivity contribution < 1.29 is 4.74 Å². The lowest BCUT2D eigenvalue weighted by atomic mass is 10.1. The van der Waals surface area contributed by atoms with E-state index in [9.17, 15) is 0 Å². The molecule has 0 radical (unpaired) electrons. The van der Waals surface area contributed by atoms with Gasteiger partial charge in [0.05, 0.1) is 7.11 Å². The third-order valence-corrected chi connectivity index (χ3v) is 3.83. The number of methoxy groups -OCH3 is 1. The molecule has 1 saturated heterocycles. The second-order valence-electron chi connectivity index (χ2n) is 5.51. The van der Waals surface area contributed by atoms with E-state index >= 15 is 0 Å². The summed E-state index contributed by atoms with van der Waals surface area (Å²) in [5.74, 6) is 2.38. The van der Waals surface area contributed by atoms with Crippen LogP contribution in [-0.4, -0.2) is 56.3 Å². The molecule has 1 aliphatic rings. The maximum absolute atomic E-state index is 5.72. The lowest BCUT2D eigenvalue weighted by molar-refractivity contribution is 0.255. The van der Waals surface area contributed by atoms with Gasteiger partial charge in [-0.15, -0.1) is 0 Å². The minimum Gasteiger partial charge on any atom is -0.493 e. The summed E-state index contributed by atoms with van der Waals surface area (Å²) in [5, 5.41) is 0. The molecule has 0 aromatic carbocycles. The second-order valence-corrected chi connectivity index (χ2v) is 5.51. The predicted molar refractivity (Wildman–Crippen MR) is 82.3 cm³/mol. The van der Waals surface area contributed by atoms with E-state index in [-0.39, 0.29) is 0 Å². The average molecular weight is 278 g/mol. The predicted octanol–water partition coefficient (Wildman–Crippen LogP) is 1.20. The van der Waals surface area contributed by atoms with E-state index in [1.54, 1.807) is 7.11 Å². The number of aromatic nitrogens is 1. The van der Waals surface area contributed by atoms with E-state index in [4.69, 9.17) is 10.5 Å². The van der Waals surface area contributed by atoms with Gasteiger partial charge in [-0.3, -0.25) is 0 Å². The van der Waals surface area contributed by atoms with E-state index in [2.05, 4.69) is 21.7 Å². The lowest BCUT2D eigenvalue weighted by Crippen LogP contribution is -2.35. The smallest absolute Gasteiger partial charge is 0.171 e. The van der Waals surface area contributed by atoms with Crippen LogP contribution in [0.25, 0.3) is 0 Å². The number of ether oxygens (including phenoxy) is 1. The summed E-state index contributed by atoms with van der Waals surface area (Å²) in [6.07, 6.45) is 2.98. The highest BCUT2D eigenvalue weighted by atomic mass is 16.5. The highest BCUT2D eigenvalue weighted by Gasteiger charge is 2.19. The van der Waals surface area contributed by atoms with Gasteiger partial charge >= 0.3 is 0 Å². The number of hydrogen-bond acceptors (Lipinski definition) is 5. The number of rotatable bonds is 5. The van der Waals surface area contributed by atoms with E-state index in [1.807, 2.05) is 18.3 Å². The van der Waals surface area contributed by atoms with Crippen molar-refractivity contribution in [2.45, 2.75) is 13.3 Å². The minimum atomic E-state index is 0.561. The third kappa shape index (κ3) is 3.84. The van der Waals surface area contributed by atoms with Crippen LogP contribution in [0.1, 0.15) is 13.3 Å². The molecule has 5 heteroatoms. The number of nitrogens with zero attached hydrogens (tertiary/aromatic N) is 3. The van der Waals surface area contributed by atoms with Gasteiger partial charge in [0.15, 0.2) is 11.6 Å². The quantitative estimate of drug-likeness (QED) is 0.877. The molecule has 0 amide bonds. The lowest BCUT2D eigenvalue weighted by Gasteiger charge is -2.25. The Kier molecular flexibility index (Phi) is 5.61. The van der Waals surface area contributed by atoms with Crippen LogP contribution in [-0.2, 0) is 0 Å². The Balaban J connectivity index is 1.98. The molecule has 0 spiro atoms. The number of hydrogen-bond donors (Lipinski definition) is 1. The molecule has 1 aromatic rings. The van der Waals surface area contributed by atoms with Crippen LogP contribution in [0.15, 0.2) is 18.3 Å². The highest BCUT2D eigenvalue weighted by molar-refractivity contribution is 5.52. The molecule has 1 aliphatic heterocycles. The zero-order valence-corrected chi connectivity index (χ0v) is 12.6. The fourth-order valence-electron chi connectivity index (χ4n) is 2.66. The Morgan fingerprint density at radius 3 is 2.95 bits per heavy atom. The number of anilines is 1. The summed E-state index contributed by atoms with van der Waals surface area (Å²) in [5.41, 5.74) is 5.72. The van der Waals surface area contributed by atoms with E-state index < -0.39 is 0 Å². The zero-order chi connectivity index (χ0) is 14.4.